The number of anilines is 1. The monoisotopic (exact) mass is 544 g/mol. The van der Waals surface area contributed by atoms with Crippen LogP contribution in [-0.2, 0) is 21.7 Å². The van der Waals surface area contributed by atoms with Gasteiger partial charge in [0.2, 0.25) is 5.92 Å². The number of piperidine rings is 1. The van der Waals surface area contributed by atoms with E-state index in [-0.39, 0.29) is 18.9 Å². The molecule has 1 aromatic heterocycles. The number of benzene rings is 1. The molecule has 39 heavy (non-hydrogen) atoms. The molecule has 0 spiro atoms. The van der Waals surface area contributed by atoms with Crippen molar-refractivity contribution < 1.29 is 28.2 Å². The first kappa shape index (κ1) is 28.9. The molecule has 2 fully saturated rings. The molecule has 10 heteroatoms. The minimum Gasteiger partial charge on any atom is -0.444 e. The fraction of sp³-hybridized carbons (Fsp3) is 0.552. The number of pyridine rings is 1. The van der Waals surface area contributed by atoms with E-state index in [1.165, 1.54) is 0 Å². The summed E-state index contributed by atoms with van der Waals surface area (Å²) in [7, 11) is 0. The normalized spacial score (nSPS) is 21.6. The van der Waals surface area contributed by atoms with E-state index in [1.54, 1.807) is 57.2 Å². The number of likely N-dealkylation sites (tertiary alicyclic amines) is 1. The predicted molar refractivity (Wildman–Crippen MR) is 143 cm³/mol. The van der Waals surface area contributed by atoms with Gasteiger partial charge in [0.05, 0.1) is 5.69 Å². The van der Waals surface area contributed by atoms with Crippen LogP contribution in [0.3, 0.4) is 0 Å². The summed E-state index contributed by atoms with van der Waals surface area (Å²) in [4.78, 5) is 32.2. The lowest BCUT2D eigenvalue weighted by Gasteiger charge is -2.37. The number of aromatic nitrogens is 1. The van der Waals surface area contributed by atoms with Crippen LogP contribution < -0.4 is 10.6 Å². The Bertz CT molecular complexity index is 1150. The Morgan fingerprint density at radius 2 is 1.77 bits per heavy atom. The fourth-order valence-electron chi connectivity index (χ4n) is 5.36. The average Bonchev–Trinajstić information content (AvgIpc) is 3.24. The van der Waals surface area contributed by atoms with E-state index in [2.05, 4.69) is 20.5 Å². The van der Waals surface area contributed by atoms with Crippen molar-refractivity contribution in [2.75, 3.05) is 18.4 Å². The molecule has 1 aromatic carbocycles. The first-order valence-electron chi connectivity index (χ1n) is 13.5. The molecular formula is C29H38F2N4O4. The third kappa shape index (κ3) is 7.51. The van der Waals surface area contributed by atoms with E-state index in [0.29, 0.717) is 43.9 Å². The van der Waals surface area contributed by atoms with Gasteiger partial charge in [-0.3, -0.25) is 15.0 Å². The maximum atomic E-state index is 14.1. The second kappa shape index (κ2) is 11.6. The van der Waals surface area contributed by atoms with Gasteiger partial charge in [-0.05, 0) is 57.7 Å². The van der Waals surface area contributed by atoms with Gasteiger partial charge in [-0.15, -0.1) is 0 Å². The first-order valence-corrected chi connectivity index (χ1v) is 13.5. The number of halogens is 2. The SMILES string of the molecule is CC(C)(C)OC(=O)Nc1cccc(CN2CCC(NC(=O)[C@](O)(c3ccccc3)[C@@H]3CCC(F)(F)C3)CC2)n1. The van der Waals surface area contributed by atoms with Crippen LogP contribution in [0.5, 0.6) is 0 Å². The molecule has 8 nitrogen and oxygen atoms in total. The molecule has 4 rings (SSSR count). The van der Waals surface area contributed by atoms with Crippen LogP contribution in [0.1, 0.15) is 64.1 Å². The van der Waals surface area contributed by atoms with Crippen molar-refractivity contribution in [3.63, 3.8) is 0 Å². The molecule has 212 valence electrons. The number of ether oxygens (including phenoxy) is 1. The Kier molecular flexibility index (Phi) is 8.56. The molecule has 2 aromatic rings. The highest BCUT2D eigenvalue weighted by atomic mass is 19.3. The second-order valence-corrected chi connectivity index (χ2v) is 11.6. The maximum absolute atomic E-state index is 14.1. The van der Waals surface area contributed by atoms with E-state index in [1.807, 2.05) is 12.1 Å². The highest BCUT2D eigenvalue weighted by Crippen LogP contribution is 2.47. The van der Waals surface area contributed by atoms with Crippen LogP contribution in [0, 0.1) is 5.92 Å². The minimum absolute atomic E-state index is 0.0824. The Morgan fingerprint density at radius 1 is 1.08 bits per heavy atom. The number of nitrogens with zero attached hydrogens (tertiary/aromatic N) is 2. The third-order valence-corrected chi connectivity index (χ3v) is 7.30. The van der Waals surface area contributed by atoms with Crippen molar-refractivity contribution in [2.24, 2.45) is 5.92 Å². The van der Waals surface area contributed by atoms with Gasteiger partial charge < -0.3 is 15.2 Å². The molecule has 1 saturated heterocycles. The zero-order valence-corrected chi connectivity index (χ0v) is 22.8. The molecule has 0 bridgehead atoms. The van der Waals surface area contributed by atoms with Crippen molar-refractivity contribution >= 4 is 17.8 Å². The molecule has 1 saturated carbocycles. The molecule has 2 amide bonds. The predicted octanol–water partition coefficient (Wildman–Crippen LogP) is 4.83. The van der Waals surface area contributed by atoms with Crippen molar-refractivity contribution in [2.45, 2.75) is 82.6 Å². The third-order valence-electron chi connectivity index (χ3n) is 7.30. The second-order valence-electron chi connectivity index (χ2n) is 11.6. The van der Waals surface area contributed by atoms with Crippen molar-refractivity contribution in [1.82, 2.24) is 15.2 Å². The number of amides is 2. The Labute approximate surface area is 228 Å². The molecule has 1 aliphatic heterocycles. The van der Waals surface area contributed by atoms with Crippen LogP contribution in [0.2, 0.25) is 0 Å². The number of rotatable bonds is 7. The number of hydrogen-bond acceptors (Lipinski definition) is 6. The summed E-state index contributed by atoms with van der Waals surface area (Å²) >= 11 is 0. The van der Waals surface area contributed by atoms with Gasteiger partial charge in [0.15, 0.2) is 5.60 Å². The number of carbonyl (C=O) groups excluding carboxylic acids is 2. The van der Waals surface area contributed by atoms with E-state index >= 15 is 0 Å². The summed E-state index contributed by atoms with van der Waals surface area (Å²) in [6, 6.07) is 13.6. The molecule has 2 heterocycles. The smallest absolute Gasteiger partial charge is 0.413 e. The lowest BCUT2D eigenvalue weighted by molar-refractivity contribution is -0.149. The summed E-state index contributed by atoms with van der Waals surface area (Å²) in [6.45, 7) is 7.30. The number of hydrogen-bond donors (Lipinski definition) is 3. The van der Waals surface area contributed by atoms with Gasteiger partial charge in [0, 0.05) is 44.4 Å². The topological polar surface area (TPSA) is 104 Å². The molecule has 2 atom stereocenters. The Hall–Kier alpha value is -3.11. The summed E-state index contributed by atoms with van der Waals surface area (Å²) in [6.07, 6.45) is -0.0414. The first-order chi connectivity index (χ1) is 18.3. The van der Waals surface area contributed by atoms with Gasteiger partial charge in [0.25, 0.3) is 5.91 Å². The highest BCUT2D eigenvalue weighted by Gasteiger charge is 2.53. The summed E-state index contributed by atoms with van der Waals surface area (Å²) in [5, 5.41) is 17.2. The Balaban J connectivity index is 1.34. The lowest BCUT2D eigenvalue weighted by atomic mass is 9.79. The zero-order valence-electron chi connectivity index (χ0n) is 22.8. The van der Waals surface area contributed by atoms with E-state index < -0.39 is 41.5 Å². The van der Waals surface area contributed by atoms with Crippen LogP contribution >= 0.6 is 0 Å². The summed E-state index contributed by atoms with van der Waals surface area (Å²) < 4.78 is 33.4. The molecule has 2 aliphatic rings. The number of nitrogens with one attached hydrogen (secondary N) is 2. The number of carbonyl (C=O) groups is 2. The Morgan fingerprint density at radius 3 is 2.38 bits per heavy atom. The average molecular weight is 545 g/mol. The molecule has 0 unspecified atom stereocenters. The highest BCUT2D eigenvalue weighted by molar-refractivity contribution is 5.87. The lowest BCUT2D eigenvalue weighted by Crippen LogP contribution is -2.54. The van der Waals surface area contributed by atoms with Gasteiger partial charge in [-0.2, -0.15) is 0 Å². The largest absolute Gasteiger partial charge is 0.444 e. The van der Waals surface area contributed by atoms with Gasteiger partial charge >= 0.3 is 6.09 Å². The summed E-state index contributed by atoms with van der Waals surface area (Å²) in [5.41, 5.74) is -1.50. The van der Waals surface area contributed by atoms with Crippen molar-refractivity contribution in [3.05, 3.63) is 59.8 Å². The quantitative estimate of drug-likeness (QED) is 0.461. The minimum atomic E-state index is -2.88. The maximum Gasteiger partial charge on any atom is 0.413 e. The summed E-state index contributed by atoms with van der Waals surface area (Å²) in [5.74, 6) is -3.95. The standard InChI is InChI=1S/C29H38F2N4O4/c1-27(2,3)39-26(37)34-24-11-7-10-23(32-24)19-35-16-13-22(14-17-35)33-25(36)29(38,20-8-5-4-6-9-20)21-12-15-28(30,31)18-21/h4-11,21-22,38H,12-19H2,1-3H3,(H,33,36)(H,32,34,37)/t21-,29+/m1/s1. The fourth-order valence-corrected chi connectivity index (χ4v) is 5.36. The number of aliphatic hydroxyl groups is 1. The van der Waals surface area contributed by atoms with Crippen LogP contribution in [-0.4, -0.2) is 57.6 Å². The number of alkyl halides is 2. The van der Waals surface area contributed by atoms with Crippen molar-refractivity contribution in [3.8, 4) is 0 Å². The zero-order chi connectivity index (χ0) is 28.3. The molecular weight excluding hydrogens is 506 g/mol. The van der Waals surface area contributed by atoms with E-state index in [0.717, 1.165) is 5.69 Å². The van der Waals surface area contributed by atoms with Gasteiger partial charge in [-0.1, -0.05) is 36.4 Å². The molecule has 1 aliphatic carbocycles. The van der Waals surface area contributed by atoms with Gasteiger partial charge in [-0.25, -0.2) is 18.6 Å². The molecule has 3 N–H and O–H groups in total. The van der Waals surface area contributed by atoms with Crippen molar-refractivity contribution in [1.29, 1.82) is 0 Å². The van der Waals surface area contributed by atoms with Crippen LogP contribution in [0.15, 0.2) is 48.5 Å². The van der Waals surface area contributed by atoms with Gasteiger partial charge in [0.1, 0.15) is 11.4 Å². The molecule has 0 radical (unpaired) electrons. The van der Waals surface area contributed by atoms with Crippen LogP contribution in [0.4, 0.5) is 19.4 Å². The van der Waals surface area contributed by atoms with E-state index in [4.69, 9.17) is 4.74 Å². The van der Waals surface area contributed by atoms with E-state index in [9.17, 15) is 23.5 Å². The van der Waals surface area contributed by atoms with Crippen LogP contribution in [0.25, 0.3) is 0 Å².